The molecule has 2 rings (SSSR count). The highest BCUT2D eigenvalue weighted by Crippen LogP contribution is 2.46. The molecule has 0 aliphatic rings. The maximum Gasteiger partial charge on any atom is 0.426 e. The van der Waals surface area contributed by atoms with Crippen LogP contribution >= 0.6 is 0 Å². The van der Waals surface area contributed by atoms with E-state index in [0.717, 1.165) is 5.56 Å². The normalized spacial score (nSPS) is 13.3. The summed E-state index contributed by atoms with van der Waals surface area (Å²) in [5.74, 6) is 0.427. The Balaban J connectivity index is 2.14. The predicted octanol–water partition coefficient (Wildman–Crippen LogP) is 5.68. The van der Waals surface area contributed by atoms with Crippen LogP contribution in [0.3, 0.4) is 0 Å². The molecule has 3 N–H and O–H groups in total. The molecule has 34 heavy (non-hydrogen) atoms. The molecule has 4 nitrogen and oxygen atoms in total. The van der Waals surface area contributed by atoms with Crippen molar-refractivity contribution in [3.8, 4) is 5.75 Å². The van der Waals surface area contributed by atoms with E-state index in [4.69, 9.17) is 4.74 Å². The van der Waals surface area contributed by atoms with Gasteiger partial charge in [-0.1, -0.05) is 37.3 Å². The third kappa shape index (κ3) is 6.52. The predicted molar refractivity (Wildman–Crippen MR) is 114 cm³/mol. The Labute approximate surface area is 193 Å². The molecule has 2 aromatic rings. The van der Waals surface area contributed by atoms with Gasteiger partial charge in [-0.05, 0) is 65.3 Å². The van der Waals surface area contributed by atoms with Gasteiger partial charge in [0.15, 0.2) is 0 Å². The van der Waals surface area contributed by atoms with Gasteiger partial charge in [-0.15, -0.1) is 0 Å². The Morgan fingerprint density at radius 1 is 0.912 bits per heavy atom. The number of aliphatic hydroxyl groups excluding tert-OH is 2. The van der Waals surface area contributed by atoms with Gasteiger partial charge in [-0.25, -0.2) is 0 Å². The Morgan fingerprint density at radius 2 is 1.56 bits per heavy atom. The minimum absolute atomic E-state index is 0.136. The molecular formula is C24H26F6O4. The zero-order valence-corrected chi connectivity index (χ0v) is 18.4. The molecule has 0 amide bonds. The molecule has 10 heteroatoms. The minimum atomic E-state index is -5.84. The zero-order chi connectivity index (χ0) is 25.6. The number of halogens is 6. The average Bonchev–Trinajstić information content (AvgIpc) is 2.78. The van der Waals surface area contributed by atoms with Gasteiger partial charge in [0, 0.05) is 0 Å². The number of allylic oxidation sites excluding steroid dienone is 2. The second-order valence-electron chi connectivity index (χ2n) is 7.71. The van der Waals surface area contributed by atoms with E-state index in [1.807, 2.05) is 0 Å². The number of aliphatic hydroxyl groups is 3. The molecule has 0 saturated carbocycles. The number of alkyl halides is 6. The SMILES string of the molecule is CCC(=CCCC(O)(C(F)(F)F)C(F)(F)F)c1cccc(OCc2ccc(CO)c(CO)c2)c1. The third-order valence-electron chi connectivity index (χ3n) is 5.44. The molecule has 0 aliphatic carbocycles. The number of hydrogen-bond donors (Lipinski definition) is 3. The van der Waals surface area contributed by atoms with E-state index in [0.29, 0.717) is 34.4 Å². The van der Waals surface area contributed by atoms with Gasteiger partial charge < -0.3 is 20.1 Å². The largest absolute Gasteiger partial charge is 0.489 e. The van der Waals surface area contributed by atoms with Gasteiger partial charge in [0.25, 0.3) is 5.60 Å². The number of benzene rings is 2. The maximum absolute atomic E-state index is 12.9. The highest BCUT2D eigenvalue weighted by atomic mass is 19.4. The van der Waals surface area contributed by atoms with Crippen LogP contribution in [-0.2, 0) is 19.8 Å². The van der Waals surface area contributed by atoms with E-state index < -0.39 is 30.8 Å². The van der Waals surface area contributed by atoms with Crippen LogP contribution < -0.4 is 4.74 Å². The second-order valence-corrected chi connectivity index (χ2v) is 7.71. The van der Waals surface area contributed by atoms with E-state index in [1.165, 1.54) is 6.08 Å². The molecule has 0 atom stereocenters. The molecule has 0 spiro atoms. The standard InChI is InChI=1S/C24H26F6O4/c1-2-17(6-4-10-22(33,23(25,26)27)24(28,29)30)18-5-3-7-21(12-18)34-15-16-8-9-19(13-31)20(11-16)14-32/h3,5-9,11-12,31-33H,2,4,10,13-15H2,1H3. The van der Waals surface area contributed by atoms with Crippen LogP contribution in [0.15, 0.2) is 48.5 Å². The summed E-state index contributed by atoms with van der Waals surface area (Å²) < 4.78 is 82.9. The van der Waals surface area contributed by atoms with Gasteiger partial charge in [0.2, 0.25) is 0 Å². The van der Waals surface area contributed by atoms with E-state index in [9.17, 15) is 41.7 Å². The summed E-state index contributed by atoms with van der Waals surface area (Å²) >= 11 is 0. The summed E-state index contributed by atoms with van der Waals surface area (Å²) in [7, 11) is 0. The zero-order valence-electron chi connectivity index (χ0n) is 18.4. The van der Waals surface area contributed by atoms with Crippen LogP contribution in [0, 0.1) is 0 Å². The molecule has 0 saturated heterocycles. The highest BCUT2D eigenvalue weighted by Gasteiger charge is 2.69. The molecule has 0 unspecified atom stereocenters. The lowest BCUT2D eigenvalue weighted by molar-refractivity contribution is -0.369. The number of hydrogen-bond acceptors (Lipinski definition) is 4. The quantitative estimate of drug-likeness (QED) is 0.374. The molecule has 188 valence electrons. The Kier molecular flexibility index (Phi) is 9.15. The third-order valence-corrected chi connectivity index (χ3v) is 5.44. The van der Waals surface area contributed by atoms with Gasteiger partial charge >= 0.3 is 12.4 Å². The first kappa shape index (κ1) is 27.7. The first-order valence-electron chi connectivity index (χ1n) is 10.5. The van der Waals surface area contributed by atoms with Crippen molar-refractivity contribution in [1.82, 2.24) is 0 Å². The van der Waals surface area contributed by atoms with E-state index >= 15 is 0 Å². The lowest BCUT2D eigenvalue weighted by atomic mass is 9.94. The second kappa shape index (κ2) is 11.2. The van der Waals surface area contributed by atoms with Crippen molar-refractivity contribution in [3.05, 3.63) is 70.8 Å². The first-order valence-corrected chi connectivity index (χ1v) is 10.5. The summed E-state index contributed by atoms with van der Waals surface area (Å²) in [6, 6.07) is 11.7. The van der Waals surface area contributed by atoms with Crippen LogP contribution in [0.2, 0.25) is 0 Å². The van der Waals surface area contributed by atoms with E-state index in [-0.39, 0.29) is 19.8 Å². The lowest BCUT2D eigenvalue weighted by Gasteiger charge is -2.32. The van der Waals surface area contributed by atoms with Crippen molar-refractivity contribution >= 4 is 5.57 Å². The van der Waals surface area contributed by atoms with Crippen LogP contribution in [0.25, 0.3) is 5.57 Å². The molecule has 2 aromatic carbocycles. The van der Waals surface area contributed by atoms with Crippen molar-refractivity contribution in [2.45, 2.75) is 64.0 Å². The Morgan fingerprint density at radius 3 is 2.12 bits per heavy atom. The summed E-state index contributed by atoms with van der Waals surface area (Å²) in [6.07, 6.45) is -12.3. The smallest absolute Gasteiger partial charge is 0.426 e. The maximum atomic E-state index is 12.9. The topological polar surface area (TPSA) is 69.9 Å². The van der Waals surface area contributed by atoms with Crippen LogP contribution in [0.1, 0.15) is 48.4 Å². The minimum Gasteiger partial charge on any atom is -0.489 e. The highest BCUT2D eigenvalue weighted by molar-refractivity contribution is 5.66. The van der Waals surface area contributed by atoms with Crippen molar-refractivity contribution in [2.75, 3.05) is 0 Å². The lowest BCUT2D eigenvalue weighted by Crippen LogP contribution is -2.56. The molecular weight excluding hydrogens is 466 g/mol. The van der Waals surface area contributed by atoms with Crippen molar-refractivity contribution in [1.29, 1.82) is 0 Å². The van der Waals surface area contributed by atoms with Crippen LogP contribution in [0.4, 0.5) is 26.3 Å². The van der Waals surface area contributed by atoms with Gasteiger partial charge in [0.05, 0.1) is 13.2 Å². The average molecular weight is 492 g/mol. The van der Waals surface area contributed by atoms with E-state index in [2.05, 4.69) is 0 Å². The summed E-state index contributed by atoms with van der Waals surface area (Å²) in [5, 5.41) is 28.0. The number of rotatable bonds is 10. The Bertz CT molecular complexity index is 968. The fraction of sp³-hybridized carbons (Fsp3) is 0.417. The summed E-state index contributed by atoms with van der Waals surface area (Å²) in [6.45, 7) is 1.38. The molecule has 0 aliphatic heterocycles. The Hall–Kier alpha value is -2.56. The molecule has 0 heterocycles. The molecule has 0 bridgehead atoms. The van der Waals surface area contributed by atoms with Crippen LogP contribution in [0.5, 0.6) is 5.75 Å². The van der Waals surface area contributed by atoms with Gasteiger partial charge in [-0.3, -0.25) is 0 Å². The van der Waals surface area contributed by atoms with Gasteiger partial charge in [0.1, 0.15) is 12.4 Å². The molecule has 0 radical (unpaired) electrons. The van der Waals surface area contributed by atoms with Crippen LogP contribution in [-0.4, -0.2) is 33.3 Å². The van der Waals surface area contributed by atoms with Gasteiger partial charge in [-0.2, -0.15) is 26.3 Å². The first-order chi connectivity index (χ1) is 15.9. The monoisotopic (exact) mass is 492 g/mol. The summed E-state index contributed by atoms with van der Waals surface area (Å²) in [5.41, 5.74) is -1.82. The number of ether oxygens (including phenoxy) is 1. The molecule has 0 fully saturated rings. The van der Waals surface area contributed by atoms with Crippen molar-refractivity contribution < 1.29 is 46.4 Å². The molecule has 0 aromatic heterocycles. The fourth-order valence-electron chi connectivity index (χ4n) is 3.39. The summed E-state index contributed by atoms with van der Waals surface area (Å²) in [4.78, 5) is 0. The fourth-order valence-corrected chi connectivity index (χ4v) is 3.39. The van der Waals surface area contributed by atoms with Crippen molar-refractivity contribution in [2.24, 2.45) is 0 Å². The van der Waals surface area contributed by atoms with E-state index in [1.54, 1.807) is 49.4 Å². The van der Waals surface area contributed by atoms with Crippen molar-refractivity contribution in [3.63, 3.8) is 0 Å².